The fourth-order valence-corrected chi connectivity index (χ4v) is 1.98. The first-order valence-corrected chi connectivity index (χ1v) is 7.51. The average molecular weight is 377 g/mol. The number of carbonyl (C=O) groups excluding carboxylic acids is 1. The molecule has 1 aromatic carbocycles. The van der Waals surface area contributed by atoms with Gasteiger partial charge in [0.05, 0.1) is 9.29 Å². The van der Waals surface area contributed by atoms with Gasteiger partial charge in [0.25, 0.3) is 0 Å². The standard InChI is InChI=1S/C22H31NO3/c1-3-23(4-2)17-11-12-18-26-21(24)22(25,19-13-7-5-8-14-19)20-15-9-6-10-16-20/h5,7-8,13-14,20,25H,3-4,6,9-10,15-18H2,1-2H3/i1D3,2D3,6D2,9D2,10D2,15D2,16D2,18D2,20D. The highest BCUT2D eigenvalue weighted by Gasteiger charge is 2.46. The van der Waals surface area contributed by atoms with Gasteiger partial charge in [0.15, 0.2) is 12.2 Å². The van der Waals surface area contributed by atoms with E-state index in [4.69, 9.17) is 26.0 Å². The summed E-state index contributed by atoms with van der Waals surface area (Å²) >= 11 is 0. The molecular weight excluding hydrogens is 326 g/mol. The Morgan fingerprint density at radius 3 is 2.69 bits per heavy atom. The van der Waals surface area contributed by atoms with Crippen molar-refractivity contribution >= 4 is 5.97 Å². The van der Waals surface area contributed by atoms with Crippen LogP contribution in [0.15, 0.2) is 30.3 Å². The zero-order chi connectivity index (χ0) is 35.5. The molecule has 0 amide bonds. The predicted octanol–water partition coefficient (Wildman–Crippen LogP) is 3.34. The van der Waals surface area contributed by atoms with Crippen molar-refractivity contribution in [3.63, 3.8) is 0 Å². The van der Waals surface area contributed by atoms with E-state index in [2.05, 4.69) is 10.7 Å². The number of hydrogen-bond donors (Lipinski definition) is 1. The Morgan fingerprint density at radius 2 is 2.04 bits per heavy atom. The van der Waals surface area contributed by atoms with Crippen LogP contribution in [-0.4, -0.2) is 42.2 Å². The first-order valence-electron chi connectivity index (χ1n) is 17.0. The minimum atomic E-state index is -4.33. The maximum absolute atomic E-state index is 13.7. The Balaban J connectivity index is 2.72. The lowest BCUT2D eigenvalue weighted by molar-refractivity contribution is -0.174. The first kappa shape index (κ1) is 6.65. The molecule has 1 atom stereocenters. The summed E-state index contributed by atoms with van der Waals surface area (Å²) in [6.45, 7) is -11.0. The SMILES string of the molecule is [2H]C([2H])([2H])CN(CC#CC([2H])([2H])OC(=O)C(O)(c1ccccc1)C1([2H])C([2H])([2H])C([2H])([2H])C([2H])([2H])C([2H])([2H])C1([2H])[2H])CC([2H])([2H])[2H]. The molecule has 1 unspecified atom stereocenters. The molecule has 1 fully saturated rings. The van der Waals surface area contributed by atoms with Crippen molar-refractivity contribution in [2.45, 2.75) is 51.2 Å². The van der Waals surface area contributed by atoms with Crippen LogP contribution in [0.5, 0.6) is 0 Å². The molecule has 0 saturated heterocycles. The van der Waals surface area contributed by atoms with Gasteiger partial charge in [-0.15, -0.1) is 0 Å². The minimum Gasteiger partial charge on any atom is -0.450 e. The van der Waals surface area contributed by atoms with Gasteiger partial charge < -0.3 is 9.84 Å². The Kier molecular flexibility index (Phi) is 2.65. The molecule has 1 N–H and O–H groups in total. The molecule has 0 bridgehead atoms. The molecule has 0 aliphatic heterocycles. The number of ether oxygens (including phenoxy) is 1. The lowest BCUT2D eigenvalue weighted by Gasteiger charge is -2.36. The van der Waals surface area contributed by atoms with Gasteiger partial charge in [0.1, 0.15) is 0 Å². The highest BCUT2D eigenvalue weighted by molar-refractivity contribution is 5.81. The molecule has 26 heavy (non-hydrogen) atoms. The third kappa shape index (κ3) is 5.09. The lowest BCUT2D eigenvalue weighted by atomic mass is 9.73. The molecule has 0 spiro atoms. The van der Waals surface area contributed by atoms with Crippen LogP contribution < -0.4 is 0 Å². The summed E-state index contributed by atoms with van der Waals surface area (Å²) in [6, 6.07) is 5.24. The van der Waals surface area contributed by atoms with Crippen molar-refractivity contribution < 1.29 is 40.7 Å². The van der Waals surface area contributed by atoms with Crippen LogP contribution in [0.1, 0.15) is 77.2 Å². The van der Waals surface area contributed by atoms with Crippen molar-refractivity contribution in [1.82, 2.24) is 4.90 Å². The largest absolute Gasteiger partial charge is 0.450 e. The fourth-order valence-electron chi connectivity index (χ4n) is 1.98. The van der Waals surface area contributed by atoms with Crippen molar-refractivity contribution in [3.05, 3.63) is 35.9 Å². The summed E-state index contributed by atoms with van der Waals surface area (Å²) in [5.41, 5.74) is -4.95. The average Bonchev–Trinajstić information content (AvgIpc) is 2.84. The minimum absolute atomic E-state index is 0.681. The van der Waals surface area contributed by atoms with Crippen LogP contribution in [-0.2, 0) is 15.1 Å². The van der Waals surface area contributed by atoms with Gasteiger partial charge >= 0.3 is 5.97 Å². The molecule has 142 valence electrons. The molecule has 0 heterocycles. The van der Waals surface area contributed by atoms with E-state index in [1.54, 1.807) is 5.92 Å². The van der Waals surface area contributed by atoms with E-state index in [0.717, 1.165) is 29.2 Å². The van der Waals surface area contributed by atoms with Crippen LogP contribution in [0.25, 0.3) is 0 Å². The number of carbonyl (C=O) groups is 1. The van der Waals surface area contributed by atoms with Gasteiger partial charge in [-0.25, -0.2) is 4.79 Å². The molecular formula is C22H31NO3. The van der Waals surface area contributed by atoms with Crippen LogP contribution in [0.4, 0.5) is 0 Å². The van der Waals surface area contributed by atoms with Crippen LogP contribution in [0.3, 0.4) is 0 Å². The third-order valence-electron chi connectivity index (χ3n) is 3.38. The molecule has 1 aromatic rings. The number of aliphatic hydroxyl groups is 1. The van der Waals surface area contributed by atoms with Gasteiger partial charge in [-0.1, -0.05) is 75.0 Å². The Bertz CT molecular complexity index is 1270. The van der Waals surface area contributed by atoms with Crippen molar-refractivity contribution in [1.29, 1.82) is 0 Å². The summed E-state index contributed by atoms with van der Waals surface area (Å²) in [5.74, 6) is -2.77. The van der Waals surface area contributed by atoms with Gasteiger partial charge in [-0.05, 0) is 31.4 Å². The number of benzene rings is 1. The third-order valence-corrected chi connectivity index (χ3v) is 3.38. The van der Waals surface area contributed by atoms with Crippen molar-refractivity contribution in [2.24, 2.45) is 5.89 Å². The Labute approximate surface area is 184 Å². The summed E-state index contributed by atoms with van der Waals surface area (Å²) in [5, 5.41) is 11.9. The van der Waals surface area contributed by atoms with E-state index in [1.807, 2.05) is 0 Å². The molecule has 0 radical (unpaired) electrons. The molecule has 4 nitrogen and oxygen atoms in total. The molecule has 1 saturated carbocycles. The summed E-state index contributed by atoms with van der Waals surface area (Å²) < 4.78 is 157. The van der Waals surface area contributed by atoms with E-state index in [-0.39, 0.29) is 0 Å². The fraction of sp³-hybridized carbons (Fsp3) is 0.591. The van der Waals surface area contributed by atoms with Gasteiger partial charge in [0.2, 0.25) is 0 Å². The second kappa shape index (κ2) is 10.4. The smallest absolute Gasteiger partial charge is 0.344 e. The van der Waals surface area contributed by atoms with Crippen molar-refractivity contribution in [3.8, 4) is 11.8 Å². The number of hydrogen-bond acceptors (Lipinski definition) is 4. The Hall–Kier alpha value is -1.83. The topological polar surface area (TPSA) is 49.8 Å². The van der Waals surface area contributed by atoms with E-state index in [1.165, 1.54) is 6.07 Å². The lowest BCUT2D eigenvalue weighted by Crippen LogP contribution is -2.45. The molecule has 4 heteroatoms. The maximum Gasteiger partial charge on any atom is 0.344 e. The monoisotopic (exact) mass is 376 g/mol. The second-order valence-corrected chi connectivity index (χ2v) is 5.01. The van der Waals surface area contributed by atoms with E-state index in [0.29, 0.717) is 0 Å². The van der Waals surface area contributed by atoms with Crippen molar-refractivity contribution in [2.75, 3.05) is 26.2 Å². The van der Waals surface area contributed by atoms with E-state index < -0.39 is 94.8 Å². The predicted molar refractivity (Wildman–Crippen MR) is 103 cm³/mol. The summed E-state index contributed by atoms with van der Waals surface area (Å²) in [4.78, 5) is 14.5. The van der Waals surface area contributed by atoms with Gasteiger partial charge in [-0.3, -0.25) is 4.90 Å². The molecule has 2 rings (SSSR count). The highest BCUT2D eigenvalue weighted by atomic mass is 16.5. The number of nitrogens with zero attached hydrogens (tertiary/aromatic N) is 1. The number of rotatable bonds is 7. The zero-order valence-corrected chi connectivity index (χ0v) is 13.7. The second-order valence-electron chi connectivity index (χ2n) is 5.01. The summed E-state index contributed by atoms with van der Waals surface area (Å²) in [6.07, 6.45) is -20.7. The van der Waals surface area contributed by atoms with Crippen LogP contribution in [0, 0.1) is 17.7 Å². The first-order chi connectivity index (χ1) is 19.8. The maximum atomic E-state index is 13.7. The highest BCUT2D eigenvalue weighted by Crippen LogP contribution is 2.40. The Morgan fingerprint density at radius 1 is 1.35 bits per heavy atom. The quantitative estimate of drug-likeness (QED) is 0.586. The molecule has 0 aromatic heterocycles. The zero-order valence-electron chi connectivity index (χ0n) is 32.7. The van der Waals surface area contributed by atoms with Gasteiger partial charge in [-0.2, -0.15) is 0 Å². The van der Waals surface area contributed by atoms with Crippen LogP contribution in [0.2, 0.25) is 0 Å². The number of esters is 1. The summed E-state index contributed by atoms with van der Waals surface area (Å²) in [7, 11) is 0. The molecule has 1 aliphatic carbocycles. The molecule has 1 aliphatic rings. The van der Waals surface area contributed by atoms with E-state index >= 15 is 0 Å². The van der Waals surface area contributed by atoms with Crippen LogP contribution >= 0.6 is 0 Å². The van der Waals surface area contributed by atoms with Gasteiger partial charge in [0, 0.05) is 29.2 Å². The van der Waals surface area contributed by atoms with E-state index in [9.17, 15) is 9.90 Å². The normalized spacial score (nSPS) is 40.5.